The summed E-state index contributed by atoms with van der Waals surface area (Å²) in [6.45, 7) is 10.7. The Morgan fingerprint density at radius 3 is 2.44 bits per heavy atom. The summed E-state index contributed by atoms with van der Waals surface area (Å²) >= 11 is 0. The Hall–Kier alpha value is -1.35. The predicted molar refractivity (Wildman–Crippen MR) is 75.7 cm³/mol. The Kier molecular flexibility index (Phi) is 4.52. The molecule has 0 aliphatic carbocycles. The van der Waals surface area contributed by atoms with Gasteiger partial charge in [-0.2, -0.15) is 0 Å². The lowest BCUT2D eigenvalue weighted by Crippen LogP contribution is -2.48. The van der Waals surface area contributed by atoms with Gasteiger partial charge in [-0.3, -0.25) is 4.79 Å². The molecule has 0 radical (unpaired) electrons. The molecular formula is C15H24N2O. The van der Waals surface area contributed by atoms with Gasteiger partial charge in [-0.05, 0) is 36.5 Å². The molecule has 0 aliphatic rings. The van der Waals surface area contributed by atoms with Crippen molar-refractivity contribution in [1.29, 1.82) is 0 Å². The Labute approximate surface area is 110 Å². The SMILES string of the molecule is Cc1cccc(C(=O)NC(CN)C(C)(C)C)c1C. The minimum absolute atomic E-state index is 0.0232. The van der Waals surface area contributed by atoms with Gasteiger partial charge in [0.1, 0.15) is 0 Å². The molecule has 100 valence electrons. The van der Waals surface area contributed by atoms with Gasteiger partial charge < -0.3 is 11.1 Å². The maximum absolute atomic E-state index is 12.3. The van der Waals surface area contributed by atoms with E-state index in [9.17, 15) is 4.79 Å². The maximum Gasteiger partial charge on any atom is 0.251 e. The van der Waals surface area contributed by atoms with Crippen LogP contribution in [0, 0.1) is 19.3 Å². The van der Waals surface area contributed by atoms with E-state index in [0.29, 0.717) is 6.54 Å². The van der Waals surface area contributed by atoms with Gasteiger partial charge in [0.05, 0.1) is 0 Å². The maximum atomic E-state index is 12.3. The summed E-state index contributed by atoms with van der Waals surface area (Å²) in [5, 5.41) is 3.03. The van der Waals surface area contributed by atoms with E-state index in [-0.39, 0.29) is 17.4 Å². The zero-order valence-electron chi connectivity index (χ0n) is 12.0. The van der Waals surface area contributed by atoms with E-state index in [1.807, 2.05) is 32.0 Å². The van der Waals surface area contributed by atoms with Crippen molar-refractivity contribution >= 4 is 5.91 Å². The quantitative estimate of drug-likeness (QED) is 0.863. The van der Waals surface area contributed by atoms with E-state index in [0.717, 1.165) is 16.7 Å². The molecule has 3 N–H and O–H groups in total. The molecule has 1 rings (SSSR count). The van der Waals surface area contributed by atoms with Crippen LogP contribution in [0.1, 0.15) is 42.3 Å². The topological polar surface area (TPSA) is 55.1 Å². The second-order valence-corrected chi connectivity index (χ2v) is 5.88. The molecule has 1 atom stereocenters. The van der Waals surface area contributed by atoms with Crippen molar-refractivity contribution in [2.45, 2.75) is 40.7 Å². The zero-order chi connectivity index (χ0) is 13.9. The first kappa shape index (κ1) is 14.7. The van der Waals surface area contributed by atoms with Crippen molar-refractivity contribution in [3.8, 4) is 0 Å². The number of rotatable bonds is 3. The third-order valence-electron chi connectivity index (χ3n) is 3.44. The van der Waals surface area contributed by atoms with Crippen molar-refractivity contribution in [3.05, 3.63) is 34.9 Å². The van der Waals surface area contributed by atoms with Crippen molar-refractivity contribution in [1.82, 2.24) is 5.32 Å². The van der Waals surface area contributed by atoms with Gasteiger partial charge in [-0.15, -0.1) is 0 Å². The van der Waals surface area contributed by atoms with Crippen molar-refractivity contribution in [2.75, 3.05) is 6.54 Å². The van der Waals surface area contributed by atoms with Gasteiger partial charge in [0.15, 0.2) is 0 Å². The highest BCUT2D eigenvalue weighted by Crippen LogP contribution is 2.19. The summed E-state index contributed by atoms with van der Waals surface area (Å²) in [6, 6.07) is 5.75. The average molecular weight is 248 g/mol. The number of aryl methyl sites for hydroxylation is 1. The molecule has 1 aromatic rings. The number of amides is 1. The van der Waals surface area contributed by atoms with Crippen molar-refractivity contribution < 1.29 is 4.79 Å². The highest BCUT2D eigenvalue weighted by atomic mass is 16.1. The smallest absolute Gasteiger partial charge is 0.251 e. The Morgan fingerprint density at radius 2 is 1.94 bits per heavy atom. The number of benzene rings is 1. The second-order valence-electron chi connectivity index (χ2n) is 5.88. The predicted octanol–water partition coefficient (Wildman–Crippen LogP) is 2.41. The number of hydrogen-bond acceptors (Lipinski definition) is 2. The largest absolute Gasteiger partial charge is 0.347 e. The van der Waals surface area contributed by atoms with Gasteiger partial charge in [0.2, 0.25) is 0 Å². The number of nitrogens with one attached hydrogen (secondary N) is 1. The fourth-order valence-corrected chi connectivity index (χ4v) is 1.86. The standard InChI is InChI=1S/C15H24N2O/c1-10-7-6-8-12(11(10)2)14(18)17-13(9-16)15(3,4)5/h6-8,13H,9,16H2,1-5H3,(H,17,18). The van der Waals surface area contributed by atoms with Crippen LogP contribution in [0.3, 0.4) is 0 Å². The van der Waals surface area contributed by atoms with E-state index in [2.05, 4.69) is 26.1 Å². The number of nitrogens with two attached hydrogens (primary N) is 1. The Bertz CT molecular complexity index is 433. The monoisotopic (exact) mass is 248 g/mol. The molecule has 0 aromatic heterocycles. The number of carbonyl (C=O) groups excluding carboxylic acids is 1. The van der Waals surface area contributed by atoms with E-state index in [1.54, 1.807) is 0 Å². The van der Waals surface area contributed by atoms with Crippen LogP contribution in [0.15, 0.2) is 18.2 Å². The summed E-state index contributed by atoms with van der Waals surface area (Å²) in [7, 11) is 0. The molecular weight excluding hydrogens is 224 g/mol. The van der Waals surface area contributed by atoms with Gasteiger partial charge in [-0.1, -0.05) is 32.9 Å². The molecule has 0 bridgehead atoms. The molecule has 1 unspecified atom stereocenters. The molecule has 0 aliphatic heterocycles. The van der Waals surface area contributed by atoms with Crippen LogP contribution in [0.4, 0.5) is 0 Å². The van der Waals surface area contributed by atoms with E-state index < -0.39 is 0 Å². The minimum atomic E-state index is -0.0402. The second kappa shape index (κ2) is 5.53. The van der Waals surface area contributed by atoms with E-state index in [4.69, 9.17) is 5.73 Å². The number of carbonyl (C=O) groups is 1. The number of hydrogen-bond donors (Lipinski definition) is 2. The fraction of sp³-hybridized carbons (Fsp3) is 0.533. The highest BCUT2D eigenvalue weighted by Gasteiger charge is 2.25. The van der Waals surface area contributed by atoms with E-state index >= 15 is 0 Å². The van der Waals surface area contributed by atoms with Gasteiger partial charge >= 0.3 is 0 Å². The van der Waals surface area contributed by atoms with Crippen LogP contribution in [-0.4, -0.2) is 18.5 Å². The summed E-state index contributed by atoms with van der Waals surface area (Å²) in [4.78, 5) is 12.3. The fourth-order valence-electron chi connectivity index (χ4n) is 1.86. The summed E-state index contributed by atoms with van der Waals surface area (Å²) in [5.74, 6) is -0.0402. The zero-order valence-corrected chi connectivity index (χ0v) is 12.0. The first-order valence-electron chi connectivity index (χ1n) is 6.34. The van der Waals surface area contributed by atoms with Crippen molar-refractivity contribution in [2.24, 2.45) is 11.1 Å². The van der Waals surface area contributed by atoms with E-state index in [1.165, 1.54) is 0 Å². The molecule has 0 spiro atoms. The van der Waals surface area contributed by atoms with Crippen LogP contribution >= 0.6 is 0 Å². The lowest BCUT2D eigenvalue weighted by Gasteiger charge is -2.30. The van der Waals surface area contributed by atoms with Crippen LogP contribution in [0.5, 0.6) is 0 Å². The van der Waals surface area contributed by atoms with Crippen LogP contribution < -0.4 is 11.1 Å². The minimum Gasteiger partial charge on any atom is -0.347 e. The Morgan fingerprint density at radius 1 is 1.33 bits per heavy atom. The lowest BCUT2D eigenvalue weighted by atomic mass is 9.86. The third kappa shape index (κ3) is 3.33. The van der Waals surface area contributed by atoms with Crippen LogP contribution in [0.2, 0.25) is 0 Å². The lowest BCUT2D eigenvalue weighted by molar-refractivity contribution is 0.0905. The summed E-state index contributed by atoms with van der Waals surface area (Å²) in [5.41, 5.74) is 8.59. The molecule has 3 nitrogen and oxygen atoms in total. The Balaban J connectivity index is 2.92. The van der Waals surface area contributed by atoms with Crippen molar-refractivity contribution in [3.63, 3.8) is 0 Å². The average Bonchev–Trinajstić information content (AvgIpc) is 2.27. The molecule has 1 amide bonds. The molecule has 18 heavy (non-hydrogen) atoms. The van der Waals surface area contributed by atoms with Gasteiger partial charge in [-0.25, -0.2) is 0 Å². The van der Waals surface area contributed by atoms with Gasteiger partial charge in [0, 0.05) is 18.2 Å². The summed E-state index contributed by atoms with van der Waals surface area (Å²) in [6.07, 6.45) is 0. The normalized spacial score (nSPS) is 13.2. The highest BCUT2D eigenvalue weighted by molar-refractivity contribution is 5.96. The van der Waals surface area contributed by atoms with Crippen LogP contribution in [0.25, 0.3) is 0 Å². The first-order valence-corrected chi connectivity index (χ1v) is 6.34. The first-order chi connectivity index (χ1) is 8.27. The molecule has 1 aromatic carbocycles. The molecule has 0 fully saturated rings. The third-order valence-corrected chi connectivity index (χ3v) is 3.44. The molecule has 0 saturated heterocycles. The molecule has 3 heteroatoms. The van der Waals surface area contributed by atoms with Crippen LogP contribution in [-0.2, 0) is 0 Å². The summed E-state index contributed by atoms with van der Waals surface area (Å²) < 4.78 is 0. The molecule has 0 heterocycles. The molecule has 0 saturated carbocycles. The van der Waals surface area contributed by atoms with Gasteiger partial charge in [0.25, 0.3) is 5.91 Å².